The molecular formula is C23H45BO7. The Kier molecular flexibility index (Phi) is 16.3. The molecule has 8 heteroatoms. The van der Waals surface area contributed by atoms with Crippen LogP contribution in [-0.2, 0) is 18.9 Å². The first-order valence-corrected chi connectivity index (χ1v) is 12.5. The lowest BCUT2D eigenvalue weighted by atomic mass is 9.99. The Hall–Kier alpha value is -0.665. The monoisotopic (exact) mass is 444 g/mol. The van der Waals surface area contributed by atoms with Crippen LogP contribution in [0, 0.1) is 0 Å². The summed E-state index contributed by atoms with van der Waals surface area (Å²) in [6.07, 6.45) is 18.4. The number of aliphatic hydroxyl groups excluding tert-OH is 1. The van der Waals surface area contributed by atoms with Crippen LogP contribution < -0.4 is 0 Å². The maximum absolute atomic E-state index is 12.0. The summed E-state index contributed by atoms with van der Waals surface area (Å²) in [7, 11) is -2.05. The SMILES string of the molecule is CCCCCCCCCCCCCCCCCC(=O)OC(CO)C1(OB(O)O)CCO1. The summed E-state index contributed by atoms with van der Waals surface area (Å²) in [6, 6.07) is 0. The second-order valence-corrected chi connectivity index (χ2v) is 8.72. The Morgan fingerprint density at radius 3 is 1.71 bits per heavy atom. The van der Waals surface area contributed by atoms with Gasteiger partial charge in [0.15, 0.2) is 6.10 Å². The van der Waals surface area contributed by atoms with E-state index in [1.165, 1.54) is 77.0 Å². The average Bonchev–Trinajstić information content (AvgIpc) is 2.71. The highest BCUT2D eigenvalue weighted by Crippen LogP contribution is 2.33. The molecule has 0 amide bonds. The minimum atomic E-state index is -2.05. The van der Waals surface area contributed by atoms with Gasteiger partial charge in [-0.25, -0.2) is 0 Å². The van der Waals surface area contributed by atoms with Crippen molar-refractivity contribution in [2.75, 3.05) is 13.2 Å². The minimum absolute atomic E-state index is 0.270. The van der Waals surface area contributed by atoms with Crippen molar-refractivity contribution in [3.63, 3.8) is 0 Å². The van der Waals surface area contributed by atoms with E-state index in [4.69, 9.17) is 24.2 Å². The van der Waals surface area contributed by atoms with Gasteiger partial charge in [0, 0.05) is 12.8 Å². The van der Waals surface area contributed by atoms with E-state index in [1.54, 1.807) is 0 Å². The molecular weight excluding hydrogens is 399 g/mol. The van der Waals surface area contributed by atoms with Gasteiger partial charge in [0.05, 0.1) is 13.2 Å². The second-order valence-electron chi connectivity index (χ2n) is 8.72. The van der Waals surface area contributed by atoms with Crippen molar-refractivity contribution in [2.45, 2.75) is 128 Å². The van der Waals surface area contributed by atoms with Gasteiger partial charge in [-0.15, -0.1) is 0 Å². The van der Waals surface area contributed by atoms with Crippen LogP contribution in [0.2, 0.25) is 0 Å². The largest absolute Gasteiger partial charge is 0.636 e. The van der Waals surface area contributed by atoms with Crippen LogP contribution in [0.25, 0.3) is 0 Å². The lowest BCUT2D eigenvalue weighted by molar-refractivity contribution is -0.324. The molecule has 1 heterocycles. The summed E-state index contributed by atoms with van der Waals surface area (Å²) in [5.41, 5.74) is 0. The molecule has 1 rings (SSSR count). The molecule has 2 unspecified atom stereocenters. The van der Waals surface area contributed by atoms with Crippen LogP contribution in [0.5, 0.6) is 0 Å². The first-order chi connectivity index (χ1) is 15.0. The lowest BCUT2D eigenvalue weighted by Crippen LogP contribution is -2.60. The molecule has 7 nitrogen and oxygen atoms in total. The Morgan fingerprint density at radius 1 is 0.903 bits per heavy atom. The summed E-state index contributed by atoms with van der Waals surface area (Å²) >= 11 is 0. The highest BCUT2D eigenvalue weighted by Gasteiger charge is 2.51. The number of rotatable bonds is 21. The zero-order valence-electron chi connectivity index (χ0n) is 19.6. The predicted octanol–water partition coefficient (Wildman–Crippen LogP) is 4.25. The zero-order valence-corrected chi connectivity index (χ0v) is 19.6. The van der Waals surface area contributed by atoms with E-state index >= 15 is 0 Å². The highest BCUT2D eigenvalue weighted by atomic mass is 16.8. The number of unbranched alkanes of at least 4 members (excludes halogenated alkanes) is 14. The maximum atomic E-state index is 12.0. The molecule has 1 fully saturated rings. The number of hydrogen-bond donors (Lipinski definition) is 3. The van der Waals surface area contributed by atoms with Gasteiger partial charge in [-0.2, -0.15) is 0 Å². The minimum Gasteiger partial charge on any atom is -0.454 e. The molecule has 182 valence electrons. The lowest BCUT2D eigenvalue weighted by Gasteiger charge is -2.45. The van der Waals surface area contributed by atoms with Gasteiger partial charge >= 0.3 is 13.3 Å². The van der Waals surface area contributed by atoms with Gasteiger partial charge < -0.3 is 29.3 Å². The molecule has 0 aromatic rings. The van der Waals surface area contributed by atoms with Crippen molar-refractivity contribution < 1.29 is 34.1 Å². The molecule has 0 radical (unpaired) electrons. The van der Waals surface area contributed by atoms with Gasteiger partial charge in [-0.05, 0) is 6.42 Å². The molecule has 0 aromatic heterocycles. The van der Waals surface area contributed by atoms with Crippen LogP contribution in [0.1, 0.15) is 116 Å². The van der Waals surface area contributed by atoms with Gasteiger partial charge in [0.1, 0.15) is 0 Å². The first kappa shape index (κ1) is 28.4. The van der Waals surface area contributed by atoms with Gasteiger partial charge in [-0.1, -0.05) is 96.8 Å². The van der Waals surface area contributed by atoms with Crippen molar-refractivity contribution in [1.82, 2.24) is 0 Å². The van der Waals surface area contributed by atoms with E-state index in [1.807, 2.05) is 0 Å². The number of carbonyl (C=O) groups is 1. The van der Waals surface area contributed by atoms with E-state index in [2.05, 4.69) is 6.92 Å². The molecule has 3 N–H and O–H groups in total. The summed E-state index contributed by atoms with van der Waals surface area (Å²) < 4.78 is 15.4. The number of carbonyl (C=O) groups excluding carboxylic acids is 1. The average molecular weight is 444 g/mol. The van der Waals surface area contributed by atoms with Crippen molar-refractivity contribution in [1.29, 1.82) is 0 Å². The zero-order chi connectivity index (χ0) is 22.8. The van der Waals surface area contributed by atoms with E-state index in [9.17, 15) is 9.90 Å². The number of aliphatic hydroxyl groups is 1. The molecule has 2 atom stereocenters. The van der Waals surface area contributed by atoms with Gasteiger partial charge in [-0.3, -0.25) is 4.79 Å². The quantitative estimate of drug-likeness (QED) is 0.138. The fraction of sp³-hybridized carbons (Fsp3) is 0.957. The molecule has 0 spiro atoms. The van der Waals surface area contributed by atoms with Crippen LogP contribution >= 0.6 is 0 Å². The van der Waals surface area contributed by atoms with Crippen LogP contribution in [-0.4, -0.2) is 53.5 Å². The third kappa shape index (κ3) is 12.8. The summed E-state index contributed by atoms with van der Waals surface area (Å²) in [5.74, 6) is -1.90. The van der Waals surface area contributed by atoms with Crippen LogP contribution in [0.15, 0.2) is 0 Å². The van der Waals surface area contributed by atoms with Crippen molar-refractivity contribution in [3.8, 4) is 0 Å². The Bertz CT molecular complexity index is 444. The molecule has 0 aromatic carbocycles. The number of esters is 1. The molecule has 0 saturated carbocycles. The molecule has 1 aliphatic rings. The number of ether oxygens (including phenoxy) is 2. The van der Waals surface area contributed by atoms with E-state index in [0.717, 1.165) is 19.3 Å². The Morgan fingerprint density at radius 2 is 1.35 bits per heavy atom. The van der Waals surface area contributed by atoms with Crippen molar-refractivity contribution in [2.24, 2.45) is 0 Å². The van der Waals surface area contributed by atoms with Crippen molar-refractivity contribution >= 4 is 13.3 Å². The Balaban J connectivity index is 1.95. The maximum Gasteiger partial charge on any atom is 0.636 e. The molecule has 31 heavy (non-hydrogen) atoms. The molecule has 1 aliphatic heterocycles. The summed E-state index contributed by atoms with van der Waals surface area (Å²) in [4.78, 5) is 12.0. The third-order valence-electron chi connectivity index (χ3n) is 6.02. The predicted molar refractivity (Wildman–Crippen MR) is 121 cm³/mol. The van der Waals surface area contributed by atoms with E-state index < -0.39 is 31.8 Å². The fourth-order valence-corrected chi connectivity index (χ4v) is 4.03. The normalized spacial score (nSPS) is 19.1. The standard InChI is InChI=1S/C23H45BO7/c1-2-3-4-5-6-7-8-9-10-11-12-13-14-15-16-17-22(26)30-21(20-25)23(18-19-29-23)31-24(27)28/h21,25,27-28H,2-20H2,1H3. The Labute approximate surface area is 189 Å². The fourth-order valence-electron chi connectivity index (χ4n) is 4.03. The van der Waals surface area contributed by atoms with E-state index in [0.29, 0.717) is 13.0 Å². The smallest absolute Gasteiger partial charge is 0.454 e. The van der Waals surface area contributed by atoms with Crippen LogP contribution in [0.4, 0.5) is 0 Å². The second kappa shape index (κ2) is 17.8. The molecule has 1 saturated heterocycles. The molecule has 0 bridgehead atoms. The first-order valence-electron chi connectivity index (χ1n) is 12.5. The molecule has 0 aliphatic carbocycles. The van der Waals surface area contributed by atoms with Crippen LogP contribution in [0.3, 0.4) is 0 Å². The summed E-state index contributed by atoms with van der Waals surface area (Å²) in [6.45, 7) is 2.10. The topological polar surface area (TPSA) is 105 Å². The highest BCUT2D eigenvalue weighted by molar-refractivity contribution is 6.32. The summed E-state index contributed by atoms with van der Waals surface area (Å²) in [5, 5.41) is 27.5. The van der Waals surface area contributed by atoms with Crippen molar-refractivity contribution in [3.05, 3.63) is 0 Å². The van der Waals surface area contributed by atoms with E-state index in [-0.39, 0.29) is 6.42 Å². The van der Waals surface area contributed by atoms with Gasteiger partial charge in [0.25, 0.3) is 0 Å². The van der Waals surface area contributed by atoms with Gasteiger partial charge in [0.2, 0.25) is 5.79 Å². The number of hydrogen-bond acceptors (Lipinski definition) is 7. The third-order valence-corrected chi connectivity index (χ3v) is 6.02.